The predicted molar refractivity (Wildman–Crippen MR) is 88.8 cm³/mol. The summed E-state index contributed by atoms with van der Waals surface area (Å²) in [5.41, 5.74) is 2.50. The van der Waals surface area contributed by atoms with Crippen LogP contribution in [0.4, 0.5) is 0 Å². The van der Waals surface area contributed by atoms with Crippen molar-refractivity contribution in [2.24, 2.45) is 0 Å². The zero-order valence-corrected chi connectivity index (χ0v) is 13.8. The molecule has 22 heavy (non-hydrogen) atoms. The number of hydrogen-bond acceptors (Lipinski definition) is 3. The lowest BCUT2D eigenvalue weighted by atomic mass is 10.1. The standard InChI is InChI=1S/C17H15BrN2O2/c1-10-14-8-13(18)5-6-15(14)22-16(10)17(21)20-11(2)12-4-3-7-19-9-12/h3-9,11H,1-2H3,(H,20,21). The number of carbonyl (C=O) groups excluding carboxylic acids is 1. The lowest BCUT2D eigenvalue weighted by Gasteiger charge is -2.12. The van der Waals surface area contributed by atoms with Crippen LogP contribution < -0.4 is 5.32 Å². The number of nitrogens with one attached hydrogen (secondary N) is 1. The summed E-state index contributed by atoms with van der Waals surface area (Å²) in [5.74, 6) is 0.130. The highest BCUT2D eigenvalue weighted by Gasteiger charge is 2.19. The lowest BCUT2D eigenvalue weighted by Crippen LogP contribution is -2.26. The van der Waals surface area contributed by atoms with E-state index in [0.29, 0.717) is 11.3 Å². The van der Waals surface area contributed by atoms with Crippen molar-refractivity contribution in [3.05, 3.63) is 64.1 Å². The second-order valence-corrected chi connectivity index (χ2v) is 6.09. The zero-order chi connectivity index (χ0) is 15.7. The van der Waals surface area contributed by atoms with E-state index in [1.807, 2.05) is 44.2 Å². The van der Waals surface area contributed by atoms with Crippen molar-refractivity contribution in [3.8, 4) is 0 Å². The number of carbonyl (C=O) groups is 1. The highest BCUT2D eigenvalue weighted by molar-refractivity contribution is 9.10. The third-order valence-corrected chi connectivity index (χ3v) is 4.13. The van der Waals surface area contributed by atoms with E-state index in [2.05, 4.69) is 26.2 Å². The summed E-state index contributed by atoms with van der Waals surface area (Å²) in [6.45, 7) is 3.81. The molecule has 2 aromatic heterocycles. The Kier molecular flexibility index (Phi) is 3.98. The van der Waals surface area contributed by atoms with Gasteiger partial charge in [0.2, 0.25) is 0 Å². The average molecular weight is 359 g/mol. The molecule has 0 aliphatic heterocycles. The summed E-state index contributed by atoms with van der Waals surface area (Å²) < 4.78 is 6.66. The first-order valence-electron chi connectivity index (χ1n) is 6.95. The molecule has 1 N–H and O–H groups in total. The van der Waals surface area contributed by atoms with Crippen LogP contribution >= 0.6 is 15.9 Å². The average Bonchev–Trinajstić information content (AvgIpc) is 2.85. The van der Waals surface area contributed by atoms with Crippen molar-refractivity contribution >= 4 is 32.8 Å². The van der Waals surface area contributed by atoms with Gasteiger partial charge in [-0.15, -0.1) is 0 Å². The minimum absolute atomic E-state index is 0.138. The van der Waals surface area contributed by atoms with Crippen molar-refractivity contribution in [1.82, 2.24) is 10.3 Å². The SMILES string of the molecule is Cc1c(C(=O)NC(C)c2cccnc2)oc2ccc(Br)cc12. The van der Waals surface area contributed by atoms with E-state index < -0.39 is 0 Å². The number of nitrogens with zero attached hydrogens (tertiary/aromatic N) is 1. The first-order chi connectivity index (χ1) is 10.6. The van der Waals surface area contributed by atoms with E-state index in [9.17, 15) is 4.79 Å². The molecule has 0 fully saturated rings. The molecular weight excluding hydrogens is 344 g/mol. The molecule has 4 nitrogen and oxygen atoms in total. The molecule has 3 aromatic rings. The van der Waals surface area contributed by atoms with Crippen molar-refractivity contribution in [2.75, 3.05) is 0 Å². The van der Waals surface area contributed by atoms with Gasteiger partial charge in [-0.25, -0.2) is 0 Å². The van der Waals surface area contributed by atoms with Gasteiger partial charge in [0.25, 0.3) is 5.91 Å². The van der Waals surface area contributed by atoms with Gasteiger partial charge in [0.05, 0.1) is 6.04 Å². The number of amides is 1. The summed E-state index contributed by atoms with van der Waals surface area (Å²) in [5, 5.41) is 3.88. The molecule has 0 saturated carbocycles. The molecule has 3 rings (SSSR count). The van der Waals surface area contributed by atoms with Crippen LogP contribution in [-0.2, 0) is 0 Å². The van der Waals surface area contributed by atoms with Gasteiger partial charge in [-0.05, 0) is 43.7 Å². The van der Waals surface area contributed by atoms with E-state index in [4.69, 9.17) is 4.42 Å². The van der Waals surface area contributed by atoms with Gasteiger partial charge in [0, 0.05) is 27.8 Å². The Hall–Kier alpha value is -2.14. The van der Waals surface area contributed by atoms with Gasteiger partial charge in [-0.1, -0.05) is 22.0 Å². The summed E-state index contributed by atoms with van der Waals surface area (Å²) >= 11 is 3.43. The number of hydrogen-bond donors (Lipinski definition) is 1. The van der Waals surface area contributed by atoms with E-state index in [0.717, 1.165) is 21.0 Å². The molecule has 5 heteroatoms. The smallest absolute Gasteiger partial charge is 0.287 e. The fraction of sp³-hybridized carbons (Fsp3) is 0.176. The van der Waals surface area contributed by atoms with E-state index in [-0.39, 0.29) is 11.9 Å². The third kappa shape index (κ3) is 2.76. The molecule has 112 valence electrons. The molecule has 0 radical (unpaired) electrons. The number of aryl methyl sites for hydroxylation is 1. The van der Waals surface area contributed by atoms with Crippen LogP contribution in [0.15, 0.2) is 51.6 Å². The van der Waals surface area contributed by atoms with Gasteiger partial charge >= 0.3 is 0 Å². The van der Waals surface area contributed by atoms with Gasteiger partial charge in [0.15, 0.2) is 5.76 Å². The molecule has 1 unspecified atom stereocenters. The van der Waals surface area contributed by atoms with E-state index >= 15 is 0 Å². The van der Waals surface area contributed by atoms with Crippen LogP contribution in [-0.4, -0.2) is 10.9 Å². The Labute approximate surface area is 136 Å². The highest BCUT2D eigenvalue weighted by atomic mass is 79.9. The Morgan fingerprint density at radius 3 is 2.91 bits per heavy atom. The summed E-state index contributed by atoms with van der Waals surface area (Å²) in [7, 11) is 0. The fourth-order valence-electron chi connectivity index (χ4n) is 2.39. The van der Waals surface area contributed by atoms with Gasteiger partial charge in [0.1, 0.15) is 5.58 Å². The van der Waals surface area contributed by atoms with Crippen molar-refractivity contribution in [3.63, 3.8) is 0 Å². The van der Waals surface area contributed by atoms with Crippen LogP contribution in [0.25, 0.3) is 11.0 Å². The molecule has 1 atom stereocenters. The quantitative estimate of drug-likeness (QED) is 0.755. The molecule has 0 spiro atoms. The number of rotatable bonds is 3. The van der Waals surface area contributed by atoms with Crippen LogP contribution in [0.2, 0.25) is 0 Å². The molecule has 0 saturated heterocycles. The Bertz CT molecular complexity index is 827. The van der Waals surface area contributed by atoms with Crippen LogP contribution in [0.3, 0.4) is 0 Å². The molecule has 1 aromatic carbocycles. The Morgan fingerprint density at radius 1 is 1.36 bits per heavy atom. The predicted octanol–water partition coefficient (Wildman–Crippen LogP) is 4.39. The number of pyridine rings is 1. The maximum absolute atomic E-state index is 12.5. The summed E-state index contributed by atoms with van der Waals surface area (Å²) in [6.07, 6.45) is 3.45. The minimum atomic E-state index is -0.221. The number of benzene rings is 1. The highest BCUT2D eigenvalue weighted by Crippen LogP contribution is 2.28. The van der Waals surface area contributed by atoms with Crippen molar-refractivity contribution in [2.45, 2.75) is 19.9 Å². The first-order valence-corrected chi connectivity index (χ1v) is 7.75. The van der Waals surface area contributed by atoms with Crippen molar-refractivity contribution < 1.29 is 9.21 Å². The van der Waals surface area contributed by atoms with Crippen LogP contribution in [0.1, 0.15) is 34.6 Å². The maximum Gasteiger partial charge on any atom is 0.287 e. The molecule has 0 bridgehead atoms. The summed E-state index contributed by atoms with van der Waals surface area (Å²) in [4.78, 5) is 16.5. The fourth-order valence-corrected chi connectivity index (χ4v) is 2.75. The first kappa shape index (κ1) is 14.8. The Morgan fingerprint density at radius 2 is 2.18 bits per heavy atom. The molecular formula is C17H15BrN2O2. The lowest BCUT2D eigenvalue weighted by molar-refractivity contribution is 0.0913. The van der Waals surface area contributed by atoms with Gasteiger partial charge < -0.3 is 9.73 Å². The van der Waals surface area contributed by atoms with Crippen LogP contribution in [0.5, 0.6) is 0 Å². The van der Waals surface area contributed by atoms with Crippen molar-refractivity contribution in [1.29, 1.82) is 0 Å². The zero-order valence-electron chi connectivity index (χ0n) is 12.3. The molecule has 0 aliphatic rings. The van der Waals surface area contributed by atoms with E-state index in [1.54, 1.807) is 12.4 Å². The number of fused-ring (bicyclic) bond motifs is 1. The van der Waals surface area contributed by atoms with Crippen LogP contribution in [0, 0.1) is 6.92 Å². The topological polar surface area (TPSA) is 55.1 Å². The Balaban J connectivity index is 1.88. The summed E-state index contributed by atoms with van der Waals surface area (Å²) in [6, 6.07) is 9.34. The molecule has 2 heterocycles. The second kappa shape index (κ2) is 5.93. The third-order valence-electron chi connectivity index (χ3n) is 3.64. The largest absolute Gasteiger partial charge is 0.451 e. The number of furan rings is 1. The second-order valence-electron chi connectivity index (χ2n) is 5.18. The maximum atomic E-state index is 12.5. The normalized spacial score (nSPS) is 12.3. The number of aromatic nitrogens is 1. The minimum Gasteiger partial charge on any atom is -0.451 e. The van der Waals surface area contributed by atoms with Gasteiger partial charge in [-0.3, -0.25) is 9.78 Å². The van der Waals surface area contributed by atoms with E-state index in [1.165, 1.54) is 0 Å². The molecule has 0 aliphatic carbocycles. The monoisotopic (exact) mass is 358 g/mol. The van der Waals surface area contributed by atoms with Gasteiger partial charge in [-0.2, -0.15) is 0 Å². The number of halogens is 1. The molecule has 1 amide bonds.